The maximum Gasteiger partial charge on any atom is 4.00 e. The zero-order valence-electron chi connectivity index (χ0n) is 25.6. The first-order chi connectivity index (χ1) is 17.2. The summed E-state index contributed by atoms with van der Waals surface area (Å²) in [4.78, 5) is 0. The van der Waals surface area contributed by atoms with Crippen molar-refractivity contribution in [3.63, 3.8) is 0 Å². The van der Waals surface area contributed by atoms with E-state index in [1.54, 1.807) is 10.4 Å². The molecule has 0 saturated heterocycles. The first kappa shape index (κ1) is 33.2. The molecule has 39 heavy (non-hydrogen) atoms. The number of rotatable bonds is 7. The summed E-state index contributed by atoms with van der Waals surface area (Å²) >= 11 is 0. The van der Waals surface area contributed by atoms with Crippen molar-refractivity contribution in [3.8, 4) is 0 Å². The van der Waals surface area contributed by atoms with Gasteiger partial charge in [0.25, 0.3) is 0 Å². The van der Waals surface area contributed by atoms with Crippen LogP contribution in [0.4, 0.5) is 0 Å². The van der Waals surface area contributed by atoms with Gasteiger partial charge in [-0.05, 0) is 24.7 Å². The Morgan fingerprint density at radius 3 is 1.44 bits per heavy atom. The molecule has 0 aromatic heterocycles. The molecule has 0 saturated carbocycles. The molecule has 0 N–H and O–H groups in total. The second-order valence-corrected chi connectivity index (χ2v) is 15.8. The van der Waals surface area contributed by atoms with Gasteiger partial charge >= 0.3 is 26.2 Å². The van der Waals surface area contributed by atoms with Crippen LogP contribution in [-0.2, 0) is 39.0 Å². The molecule has 0 amide bonds. The first-order valence-corrected chi connectivity index (χ1v) is 16.1. The van der Waals surface area contributed by atoms with E-state index in [-0.39, 0.29) is 41.1 Å². The summed E-state index contributed by atoms with van der Waals surface area (Å²) in [5.74, 6) is 1.31. The summed E-state index contributed by atoms with van der Waals surface area (Å²) in [7, 11) is -2.32. The Labute approximate surface area is 258 Å². The fourth-order valence-corrected chi connectivity index (χ4v) is 11.6. The third kappa shape index (κ3) is 6.18. The minimum absolute atomic E-state index is 0. The molecule has 5 aromatic rings. The van der Waals surface area contributed by atoms with E-state index >= 15 is 0 Å². The first-order valence-electron chi connectivity index (χ1n) is 13.6. The van der Waals surface area contributed by atoms with Crippen LogP contribution in [-0.4, -0.2) is 8.07 Å². The van der Waals surface area contributed by atoms with E-state index in [2.05, 4.69) is 127 Å². The third-order valence-corrected chi connectivity index (χ3v) is 12.8. The molecule has 0 heterocycles. The van der Waals surface area contributed by atoms with Crippen LogP contribution in [0.2, 0.25) is 6.55 Å². The molecule has 0 spiro atoms. The largest absolute Gasteiger partial charge is 4.00 e. The van der Waals surface area contributed by atoms with Crippen molar-refractivity contribution < 1.29 is 26.2 Å². The Bertz CT molecular complexity index is 1420. The molecule has 0 radical (unpaired) electrons. The second-order valence-electron chi connectivity index (χ2n) is 11.9. The Hall–Kier alpha value is -2.02. The zero-order valence-corrected chi connectivity index (χ0v) is 29.0. The molecule has 5 rings (SSSR count). The molecule has 0 aliphatic carbocycles. The molecule has 202 valence electrons. The maximum absolute atomic E-state index is 2.61. The van der Waals surface area contributed by atoms with Gasteiger partial charge in [-0.1, -0.05) is 94.7 Å². The molecule has 0 bridgehead atoms. The predicted molar refractivity (Wildman–Crippen MR) is 175 cm³/mol. The fourth-order valence-electron chi connectivity index (χ4n) is 6.64. The third-order valence-electron chi connectivity index (χ3n) is 7.95. The number of aryl methyl sites for hydroxylation is 2. The Morgan fingerprint density at radius 2 is 1.05 bits per heavy atom. The molecular weight excluding hydrogens is 564 g/mol. The number of benzene rings is 3. The van der Waals surface area contributed by atoms with Crippen molar-refractivity contribution in [2.24, 2.45) is 11.8 Å². The van der Waals surface area contributed by atoms with Gasteiger partial charge < -0.3 is 14.9 Å². The van der Waals surface area contributed by atoms with Gasteiger partial charge in [-0.2, -0.15) is 10.4 Å². The smallest absolute Gasteiger partial charge is 0.358 e. The average Bonchev–Trinajstić information content (AvgIpc) is 3.33. The normalized spacial score (nSPS) is 11.5. The van der Waals surface area contributed by atoms with Crippen LogP contribution in [0, 0.1) is 40.5 Å². The maximum atomic E-state index is 2.61. The van der Waals surface area contributed by atoms with Crippen LogP contribution >= 0.6 is 0 Å². The van der Waals surface area contributed by atoms with Crippen LogP contribution in [0.5, 0.6) is 0 Å². The number of hydrogen-bond donors (Lipinski definition) is 0. The summed E-state index contributed by atoms with van der Waals surface area (Å²) in [6.45, 7) is 16.6. The SMILES string of the molecule is Cc1[cH-]c2ccc(CC(C)C)cc2c1[Si](C)(c1ccccc1)c1c(C)[cH-]c2ccc(CC(C)C)cc12.[CH3-].[CH3-].[Zr+4]. The Balaban J connectivity index is 0.00000178. The van der Waals surface area contributed by atoms with Gasteiger partial charge in [0.2, 0.25) is 0 Å². The van der Waals surface area contributed by atoms with Crippen molar-refractivity contribution in [1.29, 1.82) is 0 Å². The molecule has 0 aliphatic rings. The van der Waals surface area contributed by atoms with Gasteiger partial charge in [-0.15, -0.1) is 81.2 Å². The molecule has 0 nitrogen and oxygen atoms in total. The molecule has 0 unspecified atom stereocenters. The summed E-state index contributed by atoms with van der Waals surface area (Å²) < 4.78 is 0. The minimum atomic E-state index is -2.32. The fraction of sp³-hybridized carbons (Fsp3) is 0.297. The predicted octanol–water partition coefficient (Wildman–Crippen LogP) is 8.44. The van der Waals surface area contributed by atoms with Gasteiger partial charge in [0.15, 0.2) is 0 Å². The van der Waals surface area contributed by atoms with E-state index in [9.17, 15) is 0 Å². The van der Waals surface area contributed by atoms with Crippen molar-refractivity contribution in [2.45, 2.75) is 60.9 Å². The van der Waals surface area contributed by atoms with E-state index in [0.717, 1.165) is 12.8 Å². The van der Waals surface area contributed by atoms with E-state index in [4.69, 9.17) is 0 Å². The zero-order chi connectivity index (χ0) is 25.6. The molecule has 5 aromatic carbocycles. The van der Waals surface area contributed by atoms with Crippen LogP contribution in [0.15, 0.2) is 78.9 Å². The van der Waals surface area contributed by atoms with Crippen LogP contribution in [0.1, 0.15) is 49.9 Å². The van der Waals surface area contributed by atoms with E-state index < -0.39 is 8.07 Å². The monoisotopic (exact) mass is 608 g/mol. The average molecular weight is 610 g/mol. The van der Waals surface area contributed by atoms with E-state index in [0.29, 0.717) is 11.8 Å². The topological polar surface area (TPSA) is 0 Å². The van der Waals surface area contributed by atoms with Crippen LogP contribution < -0.4 is 15.6 Å². The van der Waals surface area contributed by atoms with Crippen LogP contribution in [0.3, 0.4) is 0 Å². The summed E-state index contributed by atoms with van der Waals surface area (Å²) in [5, 5.41) is 10.4. The van der Waals surface area contributed by atoms with Gasteiger partial charge in [-0.3, -0.25) is 0 Å². The van der Waals surface area contributed by atoms with E-state index in [1.165, 1.54) is 49.0 Å². The van der Waals surface area contributed by atoms with Gasteiger partial charge in [0.05, 0.1) is 0 Å². The molecule has 0 aliphatic heterocycles. The van der Waals surface area contributed by atoms with E-state index in [1.807, 2.05) is 0 Å². The summed E-state index contributed by atoms with van der Waals surface area (Å²) in [6, 6.07) is 30.7. The van der Waals surface area contributed by atoms with Crippen molar-refractivity contribution in [2.75, 3.05) is 0 Å². The summed E-state index contributed by atoms with van der Waals surface area (Å²) in [5.41, 5.74) is 5.79. The molecule has 2 heteroatoms. The second kappa shape index (κ2) is 13.1. The number of fused-ring (bicyclic) bond motifs is 2. The minimum Gasteiger partial charge on any atom is -0.358 e. The standard InChI is InChI=1S/C35H40Si.2CH3.Zr/c1-23(2)17-27-13-15-29-19-25(5)34(32(29)21-27)36(7,31-11-9-8-10-12-31)35-26(6)20-30-16-14-28(18-24(3)4)22-33(30)35;;;/h8-16,19-24H,17-18H2,1-7H3;2*1H3;/q-2;2*-1;+4. The molecule has 0 atom stereocenters. The van der Waals surface area contributed by atoms with Gasteiger partial charge in [-0.25, -0.2) is 0 Å². The Kier molecular flexibility index (Phi) is 11.1. The van der Waals surface area contributed by atoms with Gasteiger partial charge in [0, 0.05) is 8.07 Å². The van der Waals surface area contributed by atoms with Crippen molar-refractivity contribution >= 4 is 45.2 Å². The molecule has 0 fully saturated rings. The summed E-state index contributed by atoms with van der Waals surface area (Å²) in [6.07, 6.45) is 2.25. The quantitative estimate of drug-likeness (QED) is 0.128. The van der Waals surface area contributed by atoms with Crippen molar-refractivity contribution in [1.82, 2.24) is 0 Å². The van der Waals surface area contributed by atoms with Gasteiger partial charge in [0.1, 0.15) is 0 Å². The number of hydrogen-bond acceptors (Lipinski definition) is 0. The van der Waals surface area contributed by atoms with Crippen LogP contribution in [0.25, 0.3) is 21.5 Å². The Morgan fingerprint density at radius 1 is 0.641 bits per heavy atom. The van der Waals surface area contributed by atoms with Crippen molar-refractivity contribution in [3.05, 3.63) is 116 Å². The molecular formula is C37H46SiZr.